The van der Waals surface area contributed by atoms with Crippen molar-refractivity contribution in [2.24, 2.45) is 0 Å². The second-order valence-corrected chi connectivity index (χ2v) is 6.71. The Morgan fingerprint density at radius 2 is 1.82 bits per heavy atom. The van der Waals surface area contributed by atoms with Gasteiger partial charge in [-0.2, -0.15) is 0 Å². The third-order valence-electron chi connectivity index (χ3n) is 4.25. The summed E-state index contributed by atoms with van der Waals surface area (Å²) in [6, 6.07) is 13.1. The first-order chi connectivity index (χ1) is 13.4. The third-order valence-corrected chi connectivity index (χ3v) is 4.25. The van der Waals surface area contributed by atoms with Gasteiger partial charge in [0.25, 0.3) is 5.91 Å². The molecular weight excluding hydrogens is 358 g/mol. The fourth-order valence-corrected chi connectivity index (χ4v) is 2.81. The van der Waals surface area contributed by atoms with E-state index in [4.69, 9.17) is 14.2 Å². The zero-order chi connectivity index (χ0) is 20.5. The number of amides is 1. The topological polar surface area (TPSA) is 73.9 Å². The average Bonchev–Trinajstić information content (AvgIpc) is 2.69. The third kappa shape index (κ3) is 6.30. The number of methoxy groups -OCH3 is 1. The SMILES string of the molecule is COc1ccccc1CNC(=O)COC(=O)COc1ccc(C(C)C)c(C)c1. The maximum atomic E-state index is 11.9. The summed E-state index contributed by atoms with van der Waals surface area (Å²) in [7, 11) is 1.57. The average molecular weight is 385 g/mol. The van der Waals surface area contributed by atoms with Gasteiger partial charge in [0.05, 0.1) is 7.11 Å². The lowest BCUT2D eigenvalue weighted by Crippen LogP contribution is -2.29. The van der Waals surface area contributed by atoms with E-state index in [0.717, 1.165) is 11.1 Å². The largest absolute Gasteiger partial charge is 0.496 e. The smallest absolute Gasteiger partial charge is 0.344 e. The lowest BCUT2D eigenvalue weighted by molar-refractivity contribution is -0.150. The molecule has 2 rings (SSSR count). The van der Waals surface area contributed by atoms with Crippen LogP contribution in [0.25, 0.3) is 0 Å². The van der Waals surface area contributed by atoms with Crippen molar-refractivity contribution in [3.05, 3.63) is 59.2 Å². The van der Waals surface area contributed by atoms with E-state index in [1.54, 1.807) is 7.11 Å². The van der Waals surface area contributed by atoms with Gasteiger partial charge in [0.2, 0.25) is 0 Å². The molecule has 0 fully saturated rings. The van der Waals surface area contributed by atoms with E-state index in [0.29, 0.717) is 24.0 Å². The van der Waals surface area contributed by atoms with Crippen LogP contribution in [-0.2, 0) is 20.9 Å². The summed E-state index contributed by atoms with van der Waals surface area (Å²) in [5, 5.41) is 2.69. The van der Waals surface area contributed by atoms with Crippen LogP contribution in [0.2, 0.25) is 0 Å². The molecule has 6 heteroatoms. The van der Waals surface area contributed by atoms with E-state index >= 15 is 0 Å². The predicted octanol–water partition coefficient (Wildman–Crippen LogP) is 3.37. The molecule has 0 bridgehead atoms. The second-order valence-electron chi connectivity index (χ2n) is 6.71. The van der Waals surface area contributed by atoms with E-state index in [9.17, 15) is 9.59 Å². The molecule has 28 heavy (non-hydrogen) atoms. The van der Waals surface area contributed by atoms with Crippen LogP contribution in [0.5, 0.6) is 11.5 Å². The van der Waals surface area contributed by atoms with Crippen molar-refractivity contribution in [2.75, 3.05) is 20.3 Å². The van der Waals surface area contributed by atoms with Crippen LogP contribution in [0.1, 0.15) is 36.5 Å². The highest BCUT2D eigenvalue weighted by atomic mass is 16.6. The minimum Gasteiger partial charge on any atom is -0.496 e. The van der Waals surface area contributed by atoms with Crippen LogP contribution in [0.4, 0.5) is 0 Å². The molecule has 0 spiro atoms. The molecule has 0 aliphatic heterocycles. The Balaban J connectivity index is 1.73. The number of hydrogen-bond donors (Lipinski definition) is 1. The van der Waals surface area contributed by atoms with Gasteiger partial charge in [-0.25, -0.2) is 4.79 Å². The Labute approximate surface area is 165 Å². The van der Waals surface area contributed by atoms with Crippen molar-refractivity contribution in [3.8, 4) is 11.5 Å². The Kier molecular flexibility index (Phi) is 7.87. The van der Waals surface area contributed by atoms with Gasteiger partial charge in [0, 0.05) is 12.1 Å². The maximum Gasteiger partial charge on any atom is 0.344 e. The van der Waals surface area contributed by atoms with Crippen LogP contribution in [0, 0.1) is 6.92 Å². The summed E-state index contributed by atoms with van der Waals surface area (Å²) < 4.78 is 15.6. The van der Waals surface area contributed by atoms with E-state index in [1.165, 1.54) is 5.56 Å². The monoisotopic (exact) mass is 385 g/mol. The number of aryl methyl sites for hydroxylation is 1. The molecule has 0 heterocycles. The quantitative estimate of drug-likeness (QED) is 0.670. The summed E-state index contributed by atoms with van der Waals surface area (Å²) in [5.74, 6) is 0.717. The van der Waals surface area contributed by atoms with Crippen molar-refractivity contribution in [3.63, 3.8) is 0 Å². The van der Waals surface area contributed by atoms with Gasteiger partial charge in [0.1, 0.15) is 11.5 Å². The maximum absolute atomic E-state index is 11.9. The lowest BCUT2D eigenvalue weighted by atomic mass is 9.98. The first-order valence-electron chi connectivity index (χ1n) is 9.18. The lowest BCUT2D eigenvalue weighted by Gasteiger charge is -2.12. The van der Waals surface area contributed by atoms with E-state index in [2.05, 4.69) is 19.2 Å². The molecule has 0 aliphatic carbocycles. The number of nitrogens with one attached hydrogen (secondary N) is 1. The van der Waals surface area contributed by atoms with Crippen molar-refractivity contribution < 1.29 is 23.8 Å². The molecule has 150 valence electrons. The van der Waals surface area contributed by atoms with Crippen molar-refractivity contribution >= 4 is 11.9 Å². The Morgan fingerprint density at radius 3 is 2.50 bits per heavy atom. The second kappa shape index (κ2) is 10.3. The molecule has 1 N–H and O–H groups in total. The van der Waals surface area contributed by atoms with Gasteiger partial charge in [-0.15, -0.1) is 0 Å². The predicted molar refractivity (Wildman–Crippen MR) is 107 cm³/mol. The summed E-state index contributed by atoms with van der Waals surface area (Å²) >= 11 is 0. The first kappa shape index (κ1) is 21.3. The highest BCUT2D eigenvalue weighted by molar-refractivity contribution is 5.80. The minimum absolute atomic E-state index is 0.250. The fraction of sp³-hybridized carbons (Fsp3) is 0.364. The van der Waals surface area contributed by atoms with Crippen LogP contribution < -0.4 is 14.8 Å². The summed E-state index contributed by atoms with van der Waals surface area (Å²) in [6.07, 6.45) is 0. The van der Waals surface area contributed by atoms with Crippen LogP contribution in [0.15, 0.2) is 42.5 Å². The molecule has 0 radical (unpaired) electrons. The molecule has 0 saturated heterocycles. The molecule has 0 unspecified atom stereocenters. The molecule has 0 atom stereocenters. The number of para-hydroxylation sites is 1. The number of carbonyl (C=O) groups is 2. The molecule has 2 aromatic carbocycles. The standard InChI is InChI=1S/C22H27NO5/c1-15(2)19-10-9-18(11-16(19)3)27-14-22(25)28-13-21(24)23-12-17-7-5-6-8-20(17)26-4/h5-11,15H,12-14H2,1-4H3,(H,23,24). The van der Waals surface area contributed by atoms with Gasteiger partial charge in [-0.1, -0.05) is 38.1 Å². The van der Waals surface area contributed by atoms with E-state index in [1.807, 2.05) is 49.4 Å². The zero-order valence-electron chi connectivity index (χ0n) is 16.8. The molecule has 6 nitrogen and oxygen atoms in total. The van der Waals surface area contributed by atoms with Gasteiger partial charge in [-0.3, -0.25) is 4.79 Å². The van der Waals surface area contributed by atoms with Crippen LogP contribution >= 0.6 is 0 Å². The number of carbonyl (C=O) groups excluding carboxylic acids is 2. The number of benzene rings is 2. The Bertz CT molecular complexity index is 816. The van der Waals surface area contributed by atoms with Crippen LogP contribution in [-0.4, -0.2) is 32.2 Å². The molecule has 2 aromatic rings. The molecule has 0 aromatic heterocycles. The summed E-state index contributed by atoms with van der Waals surface area (Å²) in [4.78, 5) is 23.7. The molecule has 1 amide bonds. The normalized spacial score (nSPS) is 10.5. The van der Waals surface area contributed by atoms with Crippen molar-refractivity contribution in [2.45, 2.75) is 33.2 Å². The van der Waals surface area contributed by atoms with Crippen LogP contribution in [0.3, 0.4) is 0 Å². The number of rotatable bonds is 9. The first-order valence-corrected chi connectivity index (χ1v) is 9.18. The van der Waals surface area contributed by atoms with Gasteiger partial charge >= 0.3 is 5.97 Å². The molecule has 0 saturated carbocycles. The van der Waals surface area contributed by atoms with Gasteiger partial charge < -0.3 is 19.5 Å². The van der Waals surface area contributed by atoms with Crippen molar-refractivity contribution in [1.82, 2.24) is 5.32 Å². The Hall–Kier alpha value is -3.02. The zero-order valence-corrected chi connectivity index (χ0v) is 16.8. The van der Waals surface area contributed by atoms with Gasteiger partial charge in [-0.05, 0) is 42.2 Å². The Morgan fingerprint density at radius 1 is 1.07 bits per heavy atom. The minimum atomic E-state index is -0.599. The van der Waals surface area contributed by atoms with Crippen molar-refractivity contribution in [1.29, 1.82) is 0 Å². The van der Waals surface area contributed by atoms with E-state index < -0.39 is 11.9 Å². The molecule has 0 aliphatic rings. The van der Waals surface area contributed by atoms with Gasteiger partial charge in [0.15, 0.2) is 13.2 Å². The number of hydrogen-bond acceptors (Lipinski definition) is 5. The highest BCUT2D eigenvalue weighted by Crippen LogP contribution is 2.23. The molecular formula is C22H27NO5. The summed E-state index contributed by atoms with van der Waals surface area (Å²) in [6.45, 7) is 5.94. The highest BCUT2D eigenvalue weighted by Gasteiger charge is 2.11. The fourth-order valence-electron chi connectivity index (χ4n) is 2.81. The number of esters is 1. The van der Waals surface area contributed by atoms with E-state index in [-0.39, 0.29) is 13.2 Å². The number of ether oxygens (including phenoxy) is 3. The summed E-state index contributed by atoms with van der Waals surface area (Å²) in [5.41, 5.74) is 3.19.